The van der Waals surface area contributed by atoms with E-state index >= 15 is 0 Å². The van der Waals surface area contributed by atoms with Crippen LogP contribution in [0.1, 0.15) is 37.5 Å². The largest absolute Gasteiger partial charge is 0.493 e. The van der Waals surface area contributed by atoms with Crippen molar-refractivity contribution in [3.63, 3.8) is 0 Å². The van der Waals surface area contributed by atoms with Crippen molar-refractivity contribution in [3.05, 3.63) is 89.5 Å². The highest BCUT2D eigenvalue weighted by Gasteiger charge is 2.22. The molecule has 0 saturated heterocycles. The quantitative estimate of drug-likeness (QED) is 0.353. The van der Waals surface area contributed by atoms with Crippen LogP contribution in [0.15, 0.2) is 77.9 Å². The molecular weight excluding hydrogens is 416 g/mol. The first-order valence-corrected chi connectivity index (χ1v) is 10.9. The average molecular weight is 447 g/mol. The smallest absolute Gasteiger partial charge is 0.277 e. The third-order valence-electron chi connectivity index (χ3n) is 5.35. The van der Waals surface area contributed by atoms with Gasteiger partial charge in [0.1, 0.15) is 5.75 Å². The van der Waals surface area contributed by atoms with Gasteiger partial charge in [-0.15, -0.1) is 0 Å². The first kappa shape index (κ1) is 23.9. The van der Waals surface area contributed by atoms with Crippen molar-refractivity contribution in [1.82, 2.24) is 5.43 Å². The first-order chi connectivity index (χ1) is 16.0. The Labute approximate surface area is 195 Å². The van der Waals surface area contributed by atoms with Crippen molar-refractivity contribution >= 4 is 12.1 Å². The summed E-state index contributed by atoms with van der Waals surface area (Å²) < 4.78 is 16.6. The molecule has 0 radical (unpaired) electrons. The Morgan fingerprint density at radius 1 is 0.939 bits per heavy atom. The molecule has 0 heterocycles. The van der Waals surface area contributed by atoms with Crippen LogP contribution >= 0.6 is 0 Å². The second-order valence-electron chi connectivity index (χ2n) is 7.91. The zero-order chi connectivity index (χ0) is 23.7. The van der Waals surface area contributed by atoms with Crippen LogP contribution in [0.2, 0.25) is 0 Å². The van der Waals surface area contributed by atoms with Gasteiger partial charge in [0.2, 0.25) is 0 Å². The van der Waals surface area contributed by atoms with Gasteiger partial charge >= 0.3 is 0 Å². The molecule has 0 unspecified atom stereocenters. The summed E-state index contributed by atoms with van der Waals surface area (Å²) in [4.78, 5) is 12.1. The third kappa shape index (κ3) is 6.13. The highest BCUT2D eigenvalue weighted by Crippen LogP contribution is 2.32. The molecule has 3 aromatic carbocycles. The van der Waals surface area contributed by atoms with E-state index < -0.39 is 0 Å². The van der Waals surface area contributed by atoms with E-state index in [0.29, 0.717) is 29.4 Å². The zero-order valence-corrected chi connectivity index (χ0v) is 19.5. The van der Waals surface area contributed by atoms with E-state index in [9.17, 15) is 4.79 Å². The number of amides is 1. The number of ether oxygens (including phenoxy) is 3. The molecule has 0 aromatic heterocycles. The van der Waals surface area contributed by atoms with Crippen LogP contribution in [0, 0.1) is 0 Å². The number of hydrogen-bond acceptors (Lipinski definition) is 5. The van der Waals surface area contributed by atoms with E-state index in [1.54, 1.807) is 13.2 Å². The fourth-order valence-corrected chi connectivity index (χ4v) is 3.44. The van der Waals surface area contributed by atoms with E-state index in [0.717, 1.165) is 0 Å². The number of benzene rings is 3. The lowest BCUT2D eigenvalue weighted by molar-refractivity contribution is -0.123. The first-order valence-electron chi connectivity index (χ1n) is 10.9. The van der Waals surface area contributed by atoms with Crippen molar-refractivity contribution < 1.29 is 19.0 Å². The van der Waals surface area contributed by atoms with E-state index in [2.05, 4.69) is 36.5 Å². The highest BCUT2D eigenvalue weighted by atomic mass is 16.5. The summed E-state index contributed by atoms with van der Waals surface area (Å²) in [7, 11) is 1.58. The molecule has 0 spiro atoms. The predicted molar refractivity (Wildman–Crippen MR) is 130 cm³/mol. The monoisotopic (exact) mass is 446 g/mol. The molecule has 0 fully saturated rings. The number of rotatable bonds is 10. The van der Waals surface area contributed by atoms with Gasteiger partial charge in [0.25, 0.3) is 5.91 Å². The van der Waals surface area contributed by atoms with E-state index in [4.69, 9.17) is 14.2 Å². The molecule has 6 nitrogen and oxygen atoms in total. The summed E-state index contributed by atoms with van der Waals surface area (Å²) in [5.74, 6) is 1.44. The fourth-order valence-electron chi connectivity index (χ4n) is 3.44. The number of carbonyl (C=O) groups is 1. The van der Waals surface area contributed by atoms with Crippen molar-refractivity contribution in [2.75, 3.05) is 20.3 Å². The standard InChI is InChI=1S/C27H30N2O4/c1-5-32-26-20(10-9-13-24(26)31-4)18-28-29-25(30)19-33-23-16-14-22(15-17-23)27(2,3)21-11-7-6-8-12-21/h6-18H,5,19H2,1-4H3,(H,29,30)/b28-18+. The van der Waals surface area contributed by atoms with Crippen molar-refractivity contribution in [2.45, 2.75) is 26.2 Å². The summed E-state index contributed by atoms with van der Waals surface area (Å²) in [5.41, 5.74) is 5.45. The molecule has 3 aromatic rings. The minimum Gasteiger partial charge on any atom is -0.493 e. The summed E-state index contributed by atoms with van der Waals surface area (Å²) in [6, 6.07) is 23.6. The van der Waals surface area contributed by atoms with Gasteiger partial charge in [-0.2, -0.15) is 5.10 Å². The van der Waals surface area contributed by atoms with Crippen molar-refractivity contribution in [2.24, 2.45) is 5.10 Å². The number of nitrogens with one attached hydrogen (secondary N) is 1. The molecular formula is C27H30N2O4. The topological polar surface area (TPSA) is 69.2 Å². The Morgan fingerprint density at radius 3 is 2.30 bits per heavy atom. The van der Waals surface area contributed by atoms with Crippen LogP contribution in [-0.2, 0) is 10.2 Å². The number of hydrogen-bond donors (Lipinski definition) is 1. The Hall–Kier alpha value is -3.80. The molecule has 6 heteroatoms. The maximum Gasteiger partial charge on any atom is 0.277 e. The normalized spacial score (nSPS) is 11.3. The average Bonchev–Trinajstić information content (AvgIpc) is 2.84. The van der Waals surface area contributed by atoms with Gasteiger partial charge < -0.3 is 14.2 Å². The molecule has 0 saturated carbocycles. The van der Waals surface area contributed by atoms with Crippen LogP contribution in [-0.4, -0.2) is 32.4 Å². The summed E-state index contributed by atoms with van der Waals surface area (Å²) >= 11 is 0. The molecule has 1 N–H and O–H groups in total. The fraction of sp³-hybridized carbons (Fsp3) is 0.259. The van der Waals surface area contributed by atoms with E-state index in [1.807, 2.05) is 61.5 Å². The molecule has 1 amide bonds. The zero-order valence-electron chi connectivity index (χ0n) is 19.5. The SMILES string of the molecule is CCOc1c(/C=N/NC(=O)COc2ccc(C(C)(C)c3ccccc3)cc2)cccc1OC. The Kier molecular flexibility index (Phi) is 8.08. The Bertz CT molecular complexity index is 1080. The number of methoxy groups -OCH3 is 1. The second kappa shape index (κ2) is 11.2. The molecule has 0 aliphatic heterocycles. The number of nitrogens with zero attached hydrogens (tertiary/aromatic N) is 1. The van der Waals surface area contributed by atoms with Gasteiger partial charge in [-0.3, -0.25) is 4.79 Å². The lowest BCUT2D eigenvalue weighted by Gasteiger charge is -2.26. The van der Waals surface area contributed by atoms with Crippen LogP contribution in [0.25, 0.3) is 0 Å². The van der Waals surface area contributed by atoms with E-state index in [-0.39, 0.29) is 17.9 Å². The predicted octanol–water partition coefficient (Wildman–Crippen LogP) is 4.95. The maximum absolute atomic E-state index is 12.1. The van der Waals surface area contributed by atoms with Gasteiger partial charge in [0, 0.05) is 11.0 Å². The molecule has 0 bridgehead atoms. The maximum atomic E-state index is 12.1. The molecule has 3 rings (SSSR count). The Morgan fingerprint density at radius 2 is 1.64 bits per heavy atom. The van der Waals surface area contributed by atoms with Gasteiger partial charge in [-0.1, -0.05) is 62.4 Å². The van der Waals surface area contributed by atoms with Gasteiger partial charge in [-0.05, 0) is 42.3 Å². The summed E-state index contributed by atoms with van der Waals surface area (Å²) in [6.45, 7) is 6.60. The van der Waals surface area contributed by atoms with Crippen molar-refractivity contribution in [1.29, 1.82) is 0 Å². The van der Waals surface area contributed by atoms with Crippen LogP contribution in [0.5, 0.6) is 17.2 Å². The third-order valence-corrected chi connectivity index (χ3v) is 5.35. The second-order valence-corrected chi connectivity index (χ2v) is 7.91. The minimum absolute atomic E-state index is 0.133. The molecule has 0 aliphatic carbocycles. The van der Waals surface area contributed by atoms with Gasteiger partial charge in [0.15, 0.2) is 18.1 Å². The molecule has 172 valence electrons. The summed E-state index contributed by atoms with van der Waals surface area (Å²) in [6.07, 6.45) is 1.52. The molecule has 0 atom stereocenters. The van der Waals surface area contributed by atoms with Crippen LogP contribution in [0.4, 0.5) is 0 Å². The van der Waals surface area contributed by atoms with Crippen LogP contribution in [0.3, 0.4) is 0 Å². The molecule has 33 heavy (non-hydrogen) atoms. The highest BCUT2D eigenvalue weighted by molar-refractivity contribution is 5.86. The van der Waals surface area contributed by atoms with Crippen molar-refractivity contribution in [3.8, 4) is 17.2 Å². The number of para-hydroxylation sites is 1. The lowest BCUT2D eigenvalue weighted by Crippen LogP contribution is -2.24. The van der Waals surface area contributed by atoms with Crippen LogP contribution < -0.4 is 19.6 Å². The number of carbonyl (C=O) groups excluding carboxylic acids is 1. The summed E-state index contributed by atoms with van der Waals surface area (Å²) in [5, 5.41) is 4.01. The van der Waals surface area contributed by atoms with Gasteiger partial charge in [0.05, 0.1) is 19.9 Å². The van der Waals surface area contributed by atoms with Gasteiger partial charge in [-0.25, -0.2) is 5.43 Å². The van der Waals surface area contributed by atoms with E-state index in [1.165, 1.54) is 17.3 Å². The molecule has 0 aliphatic rings. The lowest BCUT2D eigenvalue weighted by atomic mass is 9.78. The Balaban J connectivity index is 1.55. The number of hydrazone groups is 1. The minimum atomic E-state index is -0.360.